The Kier molecular flexibility index (Phi) is 11.2. The molecular formula is C50H45N. The first-order chi connectivity index (χ1) is 25.0. The minimum Gasteiger partial charge on any atom is -0.309 e. The summed E-state index contributed by atoms with van der Waals surface area (Å²) in [7, 11) is 0. The molecule has 1 nitrogen and oxygen atoms in total. The van der Waals surface area contributed by atoms with Crippen LogP contribution in [0.15, 0.2) is 189 Å². The predicted octanol–water partition coefficient (Wildman–Crippen LogP) is 14.4. The zero-order chi connectivity index (χ0) is 35.6. The van der Waals surface area contributed by atoms with Crippen molar-refractivity contribution in [3.05, 3.63) is 205 Å². The van der Waals surface area contributed by atoms with E-state index in [2.05, 4.69) is 195 Å². The molecule has 1 heterocycles. The average Bonchev–Trinajstić information content (AvgIpc) is 3.52. The van der Waals surface area contributed by atoms with Gasteiger partial charge in [-0.3, -0.25) is 0 Å². The zero-order valence-corrected chi connectivity index (χ0v) is 30.1. The van der Waals surface area contributed by atoms with Crippen LogP contribution in [0.25, 0.3) is 66.6 Å². The van der Waals surface area contributed by atoms with Crippen molar-refractivity contribution in [1.29, 1.82) is 0 Å². The molecule has 0 bridgehead atoms. The Hall–Kier alpha value is -6.18. The molecule has 0 unspecified atom stereocenters. The van der Waals surface area contributed by atoms with Crippen molar-refractivity contribution in [2.75, 3.05) is 0 Å². The van der Waals surface area contributed by atoms with Gasteiger partial charge >= 0.3 is 0 Å². The van der Waals surface area contributed by atoms with E-state index in [0.717, 1.165) is 0 Å². The third-order valence-corrected chi connectivity index (χ3v) is 9.14. The van der Waals surface area contributed by atoms with E-state index in [1.165, 1.54) is 77.2 Å². The number of allylic oxidation sites excluding steroid dienone is 4. The number of nitrogens with zero attached hydrogens (tertiary/aromatic N) is 1. The minimum atomic E-state index is 1.17. The van der Waals surface area contributed by atoms with Crippen LogP contribution in [0.2, 0.25) is 0 Å². The Morgan fingerprint density at radius 3 is 1.80 bits per heavy atom. The number of hydrogen-bond donors (Lipinski definition) is 0. The van der Waals surface area contributed by atoms with E-state index >= 15 is 0 Å². The van der Waals surface area contributed by atoms with E-state index in [1.807, 2.05) is 26.0 Å². The fraction of sp³-hybridized carbons (Fsp3) is 0.0800. The predicted molar refractivity (Wildman–Crippen MR) is 225 cm³/mol. The first-order valence-corrected chi connectivity index (χ1v) is 17.6. The normalized spacial score (nSPS) is 11.1. The fourth-order valence-corrected chi connectivity index (χ4v) is 6.52. The Balaban J connectivity index is 0.000000250. The largest absolute Gasteiger partial charge is 0.309 e. The lowest BCUT2D eigenvalue weighted by atomic mass is 9.99. The lowest BCUT2D eigenvalue weighted by molar-refractivity contribution is 1.18. The van der Waals surface area contributed by atoms with Gasteiger partial charge in [0.2, 0.25) is 0 Å². The van der Waals surface area contributed by atoms with Crippen LogP contribution in [-0.2, 0) is 0 Å². The summed E-state index contributed by atoms with van der Waals surface area (Å²) < 4.78 is 2.41. The van der Waals surface area contributed by atoms with Crippen molar-refractivity contribution in [2.45, 2.75) is 27.7 Å². The van der Waals surface area contributed by atoms with Gasteiger partial charge in [0.25, 0.3) is 0 Å². The maximum Gasteiger partial charge on any atom is 0.0547 e. The van der Waals surface area contributed by atoms with Crippen LogP contribution in [0, 0.1) is 13.8 Å². The Labute approximate surface area is 303 Å². The first-order valence-electron chi connectivity index (χ1n) is 17.6. The summed E-state index contributed by atoms with van der Waals surface area (Å²) in [6.45, 7) is 11.7. The van der Waals surface area contributed by atoms with E-state index in [1.54, 1.807) is 6.08 Å². The van der Waals surface area contributed by atoms with Gasteiger partial charge in [0, 0.05) is 16.5 Å². The number of benzene rings is 7. The summed E-state index contributed by atoms with van der Waals surface area (Å²) >= 11 is 0. The van der Waals surface area contributed by atoms with Crippen LogP contribution in [0.4, 0.5) is 0 Å². The topological polar surface area (TPSA) is 4.93 Å². The van der Waals surface area contributed by atoms with Crippen molar-refractivity contribution in [1.82, 2.24) is 4.57 Å². The number of hydrogen-bond acceptors (Lipinski definition) is 0. The van der Waals surface area contributed by atoms with Crippen LogP contribution in [0.5, 0.6) is 0 Å². The van der Waals surface area contributed by atoms with E-state index in [-0.39, 0.29) is 0 Å². The van der Waals surface area contributed by atoms with Crippen molar-refractivity contribution in [3.63, 3.8) is 0 Å². The number of aromatic nitrogens is 1. The molecule has 8 aromatic rings. The first kappa shape index (κ1) is 34.7. The van der Waals surface area contributed by atoms with E-state index in [9.17, 15) is 0 Å². The summed E-state index contributed by atoms with van der Waals surface area (Å²) in [6.07, 6.45) is 9.75. The lowest BCUT2D eigenvalue weighted by Gasteiger charge is -2.10. The van der Waals surface area contributed by atoms with Gasteiger partial charge in [-0.2, -0.15) is 0 Å². The Bertz CT molecular complexity index is 2440. The van der Waals surface area contributed by atoms with Gasteiger partial charge in [-0.05, 0) is 102 Å². The van der Waals surface area contributed by atoms with Crippen LogP contribution in [0.1, 0.15) is 30.5 Å². The molecule has 8 rings (SSSR count). The highest BCUT2D eigenvalue weighted by molar-refractivity contribution is 6.21. The summed E-state index contributed by atoms with van der Waals surface area (Å²) in [5.74, 6) is 0. The molecule has 0 fully saturated rings. The highest BCUT2D eigenvalue weighted by Gasteiger charge is 2.16. The van der Waals surface area contributed by atoms with Gasteiger partial charge in [-0.1, -0.05) is 170 Å². The minimum absolute atomic E-state index is 1.17. The quantitative estimate of drug-likeness (QED) is 0.162. The maximum atomic E-state index is 3.46. The lowest BCUT2D eigenvalue weighted by Crippen LogP contribution is -1.94. The Morgan fingerprint density at radius 2 is 1.12 bits per heavy atom. The van der Waals surface area contributed by atoms with Gasteiger partial charge in [0.05, 0.1) is 11.0 Å². The average molecular weight is 660 g/mol. The van der Waals surface area contributed by atoms with Crippen molar-refractivity contribution in [3.8, 4) is 27.9 Å². The molecule has 0 aliphatic carbocycles. The van der Waals surface area contributed by atoms with Crippen LogP contribution in [0.3, 0.4) is 0 Å². The molecule has 0 N–H and O–H groups in total. The molecule has 1 aromatic heterocycles. The molecule has 0 saturated carbocycles. The summed E-state index contributed by atoms with van der Waals surface area (Å²) in [4.78, 5) is 0. The molecular weight excluding hydrogens is 615 g/mol. The van der Waals surface area contributed by atoms with Crippen molar-refractivity contribution in [2.24, 2.45) is 0 Å². The van der Waals surface area contributed by atoms with Gasteiger partial charge in [0.15, 0.2) is 0 Å². The highest BCUT2D eigenvalue weighted by atomic mass is 15.0. The van der Waals surface area contributed by atoms with Crippen LogP contribution in [-0.4, -0.2) is 4.57 Å². The number of rotatable bonds is 5. The standard InChI is InChI=1S/C35H25N.C10H12.C5H8/c1-24-11-13-27(14-12-24)29-18-21-33-32(23-29)35-31-10-6-5-9-28(31)17-22-34(35)36(33)30-19-15-26(16-20-30)25-7-3-2-4-8-25;1-3-6-10-8-5-4-7-9(10)2;1-3-5-4-2/h2-23H,1H3;3-8H,1-2H3;3-5H,1H2,2H3/b;6-3-;5-4-. The monoisotopic (exact) mass is 659 g/mol. The Morgan fingerprint density at radius 1 is 0.510 bits per heavy atom. The molecule has 51 heavy (non-hydrogen) atoms. The second kappa shape index (κ2) is 16.5. The molecule has 0 aliphatic rings. The molecule has 250 valence electrons. The molecule has 1 heteroatoms. The van der Waals surface area contributed by atoms with Gasteiger partial charge in [-0.25, -0.2) is 0 Å². The molecule has 0 radical (unpaired) electrons. The third-order valence-electron chi connectivity index (χ3n) is 9.14. The molecule has 7 aromatic carbocycles. The molecule has 0 spiro atoms. The van der Waals surface area contributed by atoms with Crippen LogP contribution < -0.4 is 0 Å². The van der Waals surface area contributed by atoms with Crippen LogP contribution >= 0.6 is 0 Å². The molecule has 0 amide bonds. The van der Waals surface area contributed by atoms with Gasteiger partial charge in [0.1, 0.15) is 0 Å². The van der Waals surface area contributed by atoms with E-state index in [4.69, 9.17) is 0 Å². The third kappa shape index (κ3) is 7.85. The second-order valence-corrected chi connectivity index (χ2v) is 12.6. The number of fused-ring (bicyclic) bond motifs is 5. The second-order valence-electron chi connectivity index (χ2n) is 12.6. The molecule has 0 aliphatic heterocycles. The fourth-order valence-electron chi connectivity index (χ4n) is 6.52. The molecule has 0 atom stereocenters. The van der Waals surface area contributed by atoms with E-state index in [0.29, 0.717) is 0 Å². The smallest absolute Gasteiger partial charge is 0.0547 e. The van der Waals surface area contributed by atoms with Crippen molar-refractivity contribution >= 4 is 38.7 Å². The maximum absolute atomic E-state index is 3.46. The SMILES string of the molecule is C/C=C\c1ccccc1C.C=C/C=C\C.Cc1ccc(-c2ccc3c(c2)c2c4ccccc4ccc2n3-c2ccc(-c3ccccc3)cc2)cc1. The number of aryl methyl sites for hydroxylation is 2. The van der Waals surface area contributed by atoms with Gasteiger partial charge < -0.3 is 4.57 Å². The summed E-state index contributed by atoms with van der Waals surface area (Å²) in [5, 5.41) is 5.15. The summed E-state index contributed by atoms with van der Waals surface area (Å²) in [6, 6.07) is 56.8. The molecule has 0 saturated heterocycles. The summed E-state index contributed by atoms with van der Waals surface area (Å²) in [5.41, 5.74) is 12.5. The van der Waals surface area contributed by atoms with Gasteiger partial charge in [-0.15, -0.1) is 0 Å². The highest BCUT2D eigenvalue weighted by Crippen LogP contribution is 2.39. The van der Waals surface area contributed by atoms with Crippen molar-refractivity contribution < 1.29 is 0 Å². The zero-order valence-electron chi connectivity index (χ0n) is 30.1. The van der Waals surface area contributed by atoms with E-state index < -0.39 is 0 Å².